The molecule has 0 heterocycles. The molecule has 0 spiro atoms. The van der Waals surface area contributed by atoms with E-state index in [1.54, 1.807) is 31.1 Å². The Morgan fingerprint density at radius 3 is 2.42 bits per heavy atom. The highest BCUT2D eigenvalue weighted by atomic mass is 16.2. The van der Waals surface area contributed by atoms with Gasteiger partial charge in [0.2, 0.25) is 5.91 Å². The van der Waals surface area contributed by atoms with Gasteiger partial charge in [0.05, 0.1) is 0 Å². The highest BCUT2D eigenvalue weighted by molar-refractivity contribution is 5.93. The van der Waals surface area contributed by atoms with Gasteiger partial charge >= 0.3 is 0 Å². The summed E-state index contributed by atoms with van der Waals surface area (Å²) >= 11 is 0. The van der Waals surface area contributed by atoms with E-state index in [2.05, 4.69) is 5.32 Å². The first-order chi connectivity index (χ1) is 9.08. The Morgan fingerprint density at radius 2 is 1.89 bits per heavy atom. The number of rotatable bonds is 6. The Kier molecular flexibility index (Phi) is 6.02. The summed E-state index contributed by atoms with van der Waals surface area (Å²) in [6.07, 6.45) is 1.18. The summed E-state index contributed by atoms with van der Waals surface area (Å²) in [5.41, 5.74) is 6.99. The molecule has 0 aliphatic carbocycles. The van der Waals surface area contributed by atoms with E-state index in [4.69, 9.17) is 5.73 Å². The monoisotopic (exact) mass is 263 g/mol. The molecule has 1 aromatic rings. The van der Waals surface area contributed by atoms with Crippen LogP contribution in [0.1, 0.15) is 28.8 Å². The SMILES string of the molecule is CNC(=O)c1ccc(CN(C)C(=O)CCCN)cc1. The molecule has 0 aromatic heterocycles. The van der Waals surface area contributed by atoms with Crippen molar-refractivity contribution in [2.45, 2.75) is 19.4 Å². The zero-order valence-electron chi connectivity index (χ0n) is 11.5. The van der Waals surface area contributed by atoms with Gasteiger partial charge in [-0.2, -0.15) is 0 Å². The third kappa shape index (κ3) is 4.71. The smallest absolute Gasteiger partial charge is 0.251 e. The van der Waals surface area contributed by atoms with Crippen molar-refractivity contribution in [1.29, 1.82) is 0 Å². The van der Waals surface area contributed by atoms with Crippen LogP contribution in [0.15, 0.2) is 24.3 Å². The lowest BCUT2D eigenvalue weighted by atomic mass is 10.1. The first kappa shape index (κ1) is 15.2. The number of carbonyl (C=O) groups excluding carboxylic acids is 2. The van der Waals surface area contributed by atoms with Crippen LogP contribution < -0.4 is 11.1 Å². The summed E-state index contributed by atoms with van der Waals surface area (Å²) in [5, 5.41) is 2.57. The Morgan fingerprint density at radius 1 is 1.26 bits per heavy atom. The third-order valence-electron chi connectivity index (χ3n) is 2.88. The van der Waals surface area contributed by atoms with Gasteiger partial charge in [0.25, 0.3) is 5.91 Å². The van der Waals surface area contributed by atoms with Crippen LogP contribution in [-0.4, -0.2) is 37.4 Å². The van der Waals surface area contributed by atoms with Gasteiger partial charge in [-0.3, -0.25) is 9.59 Å². The van der Waals surface area contributed by atoms with E-state index >= 15 is 0 Å². The minimum atomic E-state index is -0.112. The largest absolute Gasteiger partial charge is 0.355 e. The zero-order chi connectivity index (χ0) is 14.3. The van der Waals surface area contributed by atoms with Crippen molar-refractivity contribution in [3.05, 3.63) is 35.4 Å². The van der Waals surface area contributed by atoms with E-state index in [-0.39, 0.29) is 11.8 Å². The molecule has 5 heteroatoms. The van der Waals surface area contributed by atoms with E-state index < -0.39 is 0 Å². The Labute approximate surface area is 113 Å². The van der Waals surface area contributed by atoms with Gasteiger partial charge in [-0.1, -0.05) is 12.1 Å². The van der Waals surface area contributed by atoms with E-state index in [9.17, 15) is 9.59 Å². The fourth-order valence-electron chi connectivity index (χ4n) is 1.71. The number of nitrogens with one attached hydrogen (secondary N) is 1. The molecule has 0 saturated carbocycles. The maximum Gasteiger partial charge on any atom is 0.251 e. The van der Waals surface area contributed by atoms with E-state index in [0.29, 0.717) is 31.5 Å². The van der Waals surface area contributed by atoms with Crippen molar-refractivity contribution in [3.8, 4) is 0 Å². The van der Waals surface area contributed by atoms with E-state index in [1.165, 1.54) is 0 Å². The molecule has 0 unspecified atom stereocenters. The minimum Gasteiger partial charge on any atom is -0.355 e. The summed E-state index contributed by atoms with van der Waals surface area (Å²) in [7, 11) is 3.37. The number of benzene rings is 1. The van der Waals surface area contributed by atoms with Gasteiger partial charge in [-0.15, -0.1) is 0 Å². The van der Waals surface area contributed by atoms with Gasteiger partial charge in [-0.05, 0) is 30.7 Å². The number of nitrogens with zero attached hydrogens (tertiary/aromatic N) is 1. The number of amides is 2. The van der Waals surface area contributed by atoms with E-state index in [1.807, 2.05) is 12.1 Å². The van der Waals surface area contributed by atoms with Gasteiger partial charge in [0.15, 0.2) is 0 Å². The van der Waals surface area contributed by atoms with E-state index in [0.717, 1.165) is 5.56 Å². The standard InChI is InChI=1S/C14H21N3O2/c1-16-14(19)12-7-5-11(6-8-12)10-17(2)13(18)4-3-9-15/h5-8H,3-4,9-10,15H2,1-2H3,(H,16,19). The lowest BCUT2D eigenvalue weighted by Crippen LogP contribution is -2.26. The van der Waals surface area contributed by atoms with Gasteiger partial charge in [0.1, 0.15) is 0 Å². The molecule has 19 heavy (non-hydrogen) atoms. The molecule has 1 rings (SSSR count). The van der Waals surface area contributed by atoms with Crippen LogP contribution >= 0.6 is 0 Å². The fraction of sp³-hybridized carbons (Fsp3) is 0.429. The lowest BCUT2D eigenvalue weighted by molar-refractivity contribution is -0.130. The molecule has 1 aromatic carbocycles. The molecule has 0 fully saturated rings. The second kappa shape index (κ2) is 7.53. The average molecular weight is 263 g/mol. The maximum atomic E-state index is 11.7. The summed E-state index contributed by atoms with van der Waals surface area (Å²) in [6, 6.07) is 7.23. The normalized spacial score (nSPS) is 10.1. The van der Waals surface area contributed by atoms with Crippen molar-refractivity contribution in [1.82, 2.24) is 10.2 Å². The lowest BCUT2D eigenvalue weighted by Gasteiger charge is -2.17. The maximum absolute atomic E-state index is 11.7. The van der Waals surface area contributed by atoms with Crippen LogP contribution in [0, 0.1) is 0 Å². The molecule has 0 aliphatic rings. The second-order valence-corrected chi connectivity index (χ2v) is 4.42. The summed E-state index contributed by atoms with van der Waals surface area (Å²) in [6.45, 7) is 1.07. The summed E-state index contributed by atoms with van der Waals surface area (Å²) in [4.78, 5) is 24.8. The molecule has 104 valence electrons. The fourth-order valence-corrected chi connectivity index (χ4v) is 1.71. The first-order valence-corrected chi connectivity index (χ1v) is 6.33. The second-order valence-electron chi connectivity index (χ2n) is 4.42. The number of nitrogens with two attached hydrogens (primary N) is 1. The third-order valence-corrected chi connectivity index (χ3v) is 2.88. The first-order valence-electron chi connectivity index (χ1n) is 6.33. The molecular weight excluding hydrogens is 242 g/mol. The Bertz CT molecular complexity index is 429. The number of carbonyl (C=O) groups is 2. The Balaban J connectivity index is 2.57. The van der Waals surface area contributed by atoms with Crippen LogP contribution in [0.2, 0.25) is 0 Å². The number of hydrogen-bond acceptors (Lipinski definition) is 3. The highest BCUT2D eigenvalue weighted by Crippen LogP contribution is 2.08. The van der Waals surface area contributed by atoms with Crippen molar-refractivity contribution in [3.63, 3.8) is 0 Å². The quantitative estimate of drug-likeness (QED) is 0.795. The van der Waals surface area contributed by atoms with Crippen molar-refractivity contribution in [2.75, 3.05) is 20.6 Å². The van der Waals surface area contributed by atoms with Gasteiger partial charge in [0, 0.05) is 32.6 Å². The molecule has 5 nitrogen and oxygen atoms in total. The molecule has 0 aliphatic heterocycles. The topological polar surface area (TPSA) is 75.4 Å². The van der Waals surface area contributed by atoms with Gasteiger partial charge in [-0.25, -0.2) is 0 Å². The molecule has 0 atom stereocenters. The van der Waals surface area contributed by atoms with Crippen LogP contribution in [0.4, 0.5) is 0 Å². The summed E-state index contributed by atoms with van der Waals surface area (Å²) < 4.78 is 0. The zero-order valence-corrected chi connectivity index (χ0v) is 11.5. The number of hydrogen-bond donors (Lipinski definition) is 2. The van der Waals surface area contributed by atoms with Crippen LogP contribution in [-0.2, 0) is 11.3 Å². The molecule has 0 saturated heterocycles. The Hall–Kier alpha value is -1.88. The summed E-state index contributed by atoms with van der Waals surface area (Å²) in [5.74, 6) is -0.0280. The van der Waals surface area contributed by atoms with Crippen molar-refractivity contribution < 1.29 is 9.59 Å². The predicted molar refractivity (Wildman–Crippen MR) is 74.6 cm³/mol. The average Bonchev–Trinajstić information content (AvgIpc) is 2.44. The molecule has 0 bridgehead atoms. The molecule has 3 N–H and O–H groups in total. The van der Waals surface area contributed by atoms with Crippen LogP contribution in [0.3, 0.4) is 0 Å². The molecule has 0 radical (unpaired) electrons. The van der Waals surface area contributed by atoms with Crippen molar-refractivity contribution >= 4 is 11.8 Å². The highest BCUT2D eigenvalue weighted by Gasteiger charge is 2.09. The predicted octanol–water partition coefficient (Wildman–Crippen LogP) is 0.744. The van der Waals surface area contributed by atoms with Gasteiger partial charge < -0.3 is 16.0 Å². The van der Waals surface area contributed by atoms with Crippen molar-refractivity contribution in [2.24, 2.45) is 5.73 Å². The minimum absolute atomic E-state index is 0.0841. The molecule has 2 amide bonds. The van der Waals surface area contributed by atoms with Crippen LogP contribution in [0.5, 0.6) is 0 Å². The van der Waals surface area contributed by atoms with Crippen LogP contribution in [0.25, 0.3) is 0 Å². The molecular formula is C14H21N3O2.